The fourth-order valence-corrected chi connectivity index (χ4v) is 3.60. The number of carbonyl (C=O) groups excluding carboxylic acids is 2. The van der Waals surface area contributed by atoms with Crippen molar-refractivity contribution in [2.45, 2.75) is 84.0 Å². The highest BCUT2D eigenvalue weighted by Gasteiger charge is 2.20. The number of ether oxygens (including phenoxy) is 2. The lowest BCUT2D eigenvalue weighted by molar-refractivity contribution is -0.759. The van der Waals surface area contributed by atoms with Gasteiger partial charge in [-0.3, -0.25) is 9.18 Å². The predicted octanol–water partition coefficient (Wildman–Crippen LogP) is 6.11. The van der Waals surface area contributed by atoms with Crippen LogP contribution in [0, 0.1) is 16.0 Å². The Morgan fingerprint density at radius 2 is 1.80 bits per heavy atom. The number of rotatable bonds is 15. The van der Waals surface area contributed by atoms with E-state index in [2.05, 4.69) is 10.2 Å². The Labute approximate surface area is 236 Å². The molecule has 9 nitrogen and oxygen atoms in total. The number of halogens is 2. The van der Waals surface area contributed by atoms with E-state index in [0.29, 0.717) is 25.9 Å². The van der Waals surface area contributed by atoms with Gasteiger partial charge in [-0.05, 0) is 64.5 Å². The van der Waals surface area contributed by atoms with Crippen LogP contribution in [0.15, 0.2) is 54.6 Å². The van der Waals surface area contributed by atoms with Crippen molar-refractivity contribution >= 4 is 11.9 Å². The molecule has 0 aliphatic heterocycles. The van der Waals surface area contributed by atoms with Gasteiger partial charge in [0.15, 0.2) is 6.17 Å². The van der Waals surface area contributed by atoms with Crippen LogP contribution in [0.5, 0.6) is 5.75 Å². The third-order valence-electron chi connectivity index (χ3n) is 5.62. The number of benzene rings is 1. The van der Waals surface area contributed by atoms with Crippen molar-refractivity contribution in [1.29, 1.82) is 0 Å². The third kappa shape index (κ3) is 19.6. The molecule has 0 radical (unpaired) electrons. The second-order valence-electron chi connectivity index (χ2n) is 9.09. The van der Waals surface area contributed by atoms with E-state index in [4.69, 9.17) is 9.47 Å². The lowest BCUT2D eigenvalue weighted by atomic mass is 10.1. The van der Waals surface area contributed by atoms with Crippen molar-refractivity contribution in [3.05, 3.63) is 64.8 Å². The van der Waals surface area contributed by atoms with Gasteiger partial charge in [0.05, 0.1) is 7.18 Å². The molecule has 1 fully saturated rings. The number of unbranched alkanes of at least 4 members (excludes halogenated alkanes) is 1. The average Bonchev–Trinajstić information content (AvgIpc) is 3.48. The van der Waals surface area contributed by atoms with Gasteiger partial charge in [-0.25, -0.2) is 9.18 Å². The van der Waals surface area contributed by atoms with E-state index in [0.717, 1.165) is 12.2 Å². The van der Waals surface area contributed by atoms with Crippen molar-refractivity contribution < 1.29 is 37.8 Å². The fraction of sp³-hybridized carbons (Fsp3) is 0.586. The number of nitrogens with one attached hydrogen (secondary N) is 1. The Hall–Kier alpha value is -3.50. The maximum atomic E-state index is 13.5. The summed E-state index contributed by atoms with van der Waals surface area (Å²) in [6.07, 6.45) is 12.6. The number of para-hydroxylation sites is 1. The first-order valence-electron chi connectivity index (χ1n) is 13.5. The van der Waals surface area contributed by atoms with Crippen LogP contribution in [0.2, 0.25) is 0 Å². The summed E-state index contributed by atoms with van der Waals surface area (Å²) in [5.41, 5.74) is 0. The number of alkyl halides is 2. The van der Waals surface area contributed by atoms with Gasteiger partial charge >= 0.3 is 5.97 Å². The zero-order valence-electron chi connectivity index (χ0n) is 23.9. The van der Waals surface area contributed by atoms with Gasteiger partial charge in [0, 0.05) is 6.42 Å². The van der Waals surface area contributed by atoms with Crippen LogP contribution in [0.3, 0.4) is 0 Å². The monoisotopic (exact) mass is 570 g/mol. The van der Waals surface area contributed by atoms with Gasteiger partial charge < -0.3 is 19.6 Å². The molecule has 1 saturated carbocycles. The van der Waals surface area contributed by atoms with Gasteiger partial charge in [-0.15, -0.1) is 10.1 Å². The van der Waals surface area contributed by atoms with Crippen molar-refractivity contribution in [1.82, 2.24) is 5.32 Å². The molecule has 1 aromatic rings. The van der Waals surface area contributed by atoms with Crippen molar-refractivity contribution in [3.63, 3.8) is 0 Å². The summed E-state index contributed by atoms with van der Waals surface area (Å²) in [6.45, 7) is 4.62. The maximum Gasteiger partial charge on any atom is 0.328 e. The van der Waals surface area contributed by atoms with Crippen LogP contribution < -0.4 is 10.1 Å². The summed E-state index contributed by atoms with van der Waals surface area (Å²) in [6, 6.07) is 8.56. The highest BCUT2D eigenvalue weighted by molar-refractivity contribution is 5.84. The number of carbonyl (C=O) groups is 2. The molecular formula is C29H44F2N2O7. The first kappa shape index (κ1) is 36.5. The van der Waals surface area contributed by atoms with Crippen LogP contribution in [-0.4, -0.2) is 55.7 Å². The molecule has 0 bridgehead atoms. The molecule has 1 aromatic carbocycles. The fourth-order valence-electron chi connectivity index (χ4n) is 3.60. The summed E-state index contributed by atoms with van der Waals surface area (Å²) in [4.78, 5) is 37.3. The summed E-state index contributed by atoms with van der Waals surface area (Å²) >= 11 is 0. The smallest absolute Gasteiger partial charge is 0.328 e. The highest BCUT2D eigenvalue weighted by atomic mass is 19.1. The van der Waals surface area contributed by atoms with E-state index >= 15 is 0 Å². The van der Waals surface area contributed by atoms with E-state index < -0.39 is 29.4 Å². The molecule has 40 heavy (non-hydrogen) atoms. The number of esters is 1. The molecule has 3 atom stereocenters. The topological polar surface area (TPSA) is 117 Å². The summed E-state index contributed by atoms with van der Waals surface area (Å²) in [5.74, 6) is 0.420. The van der Waals surface area contributed by atoms with E-state index in [9.17, 15) is 28.5 Å². The Kier molecular flexibility index (Phi) is 21.3. The van der Waals surface area contributed by atoms with Gasteiger partial charge in [0.1, 0.15) is 31.1 Å². The molecule has 1 aliphatic carbocycles. The van der Waals surface area contributed by atoms with E-state index in [1.807, 2.05) is 55.5 Å². The first-order valence-corrected chi connectivity index (χ1v) is 13.5. The lowest BCUT2D eigenvalue weighted by Gasteiger charge is -2.17. The highest BCUT2D eigenvalue weighted by Crippen LogP contribution is 2.25. The minimum absolute atomic E-state index is 0.104. The van der Waals surface area contributed by atoms with Crippen LogP contribution in [0.25, 0.3) is 0 Å². The lowest BCUT2D eigenvalue weighted by Crippen LogP contribution is -2.41. The first-order chi connectivity index (χ1) is 19.2. The summed E-state index contributed by atoms with van der Waals surface area (Å²) in [5, 5.41) is 11.6. The molecule has 1 aliphatic rings. The largest absolute Gasteiger partial charge is 0.490 e. The zero-order chi connectivity index (χ0) is 30.2. The van der Waals surface area contributed by atoms with E-state index in [1.165, 1.54) is 39.5 Å². The number of amides is 1. The molecule has 1 N–H and O–H groups in total. The van der Waals surface area contributed by atoms with Crippen molar-refractivity contribution in [3.8, 4) is 5.75 Å². The van der Waals surface area contributed by atoms with Crippen LogP contribution in [-0.2, 0) is 19.2 Å². The standard InChI is InChI=1S/C15H19FO.C13H22N2O6.CH3F/c16-14(11-10-13-6-4-5-7-13)12-17-15-8-2-1-3-9-15;1-4-5-6-7-8-12(16)14-11(3)13(17)21-10(2)9-20-15(18)19;1-2/h1-3,8-11,13-14H,4-7,12H2;4-5,10-11H,6-9H2,1-3H3,(H,14,16);1H3/b11-10+;5-4-;. The second-order valence-corrected chi connectivity index (χ2v) is 9.09. The molecule has 11 heteroatoms. The van der Waals surface area contributed by atoms with Crippen molar-refractivity contribution in [2.24, 2.45) is 5.92 Å². The van der Waals surface area contributed by atoms with Gasteiger partial charge in [-0.1, -0.05) is 55.3 Å². The molecule has 0 saturated heterocycles. The van der Waals surface area contributed by atoms with Gasteiger partial charge in [0.25, 0.3) is 5.09 Å². The zero-order valence-corrected chi connectivity index (χ0v) is 23.9. The molecule has 0 spiro atoms. The van der Waals surface area contributed by atoms with E-state index in [1.54, 1.807) is 6.08 Å². The molecule has 0 aromatic heterocycles. The quantitative estimate of drug-likeness (QED) is 0.0888. The summed E-state index contributed by atoms with van der Waals surface area (Å²) < 4.78 is 33.3. The molecular weight excluding hydrogens is 526 g/mol. The van der Waals surface area contributed by atoms with Gasteiger partial charge in [-0.2, -0.15) is 0 Å². The van der Waals surface area contributed by atoms with Crippen LogP contribution in [0.1, 0.15) is 65.7 Å². The normalized spacial score (nSPS) is 15.2. The van der Waals surface area contributed by atoms with Crippen LogP contribution in [0.4, 0.5) is 8.78 Å². The van der Waals surface area contributed by atoms with Crippen molar-refractivity contribution in [2.75, 3.05) is 20.4 Å². The van der Waals surface area contributed by atoms with E-state index in [-0.39, 0.29) is 19.1 Å². The minimum Gasteiger partial charge on any atom is -0.490 e. The molecule has 0 heterocycles. The number of hydrogen-bond acceptors (Lipinski definition) is 7. The van der Waals surface area contributed by atoms with Crippen LogP contribution >= 0.6 is 0 Å². The minimum atomic E-state index is -1.00. The number of nitrogens with zero attached hydrogens (tertiary/aromatic N) is 1. The Bertz CT molecular complexity index is 878. The average molecular weight is 571 g/mol. The molecule has 2 rings (SSSR count). The Balaban J connectivity index is 0.000000726. The predicted molar refractivity (Wildman–Crippen MR) is 150 cm³/mol. The van der Waals surface area contributed by atoms with Gasteiger partial charge in [0.2, 0.25) is 5.91 Å². The summed E-state index contributed by atoms with van der Waals surface area (Å²) in [7, 11) is 0.500. The second kappa shape index (κ2) is 23.4. The Morgan fingerprint density at radius 3 is 2.40 bits per heavy atom. The third-order valence-corrected chi connectivity index (χ3v) is 5.62. The molecule has 226 valence electrons. The maximum absolute atomic E-state index is 13.5. The molecule has 3 unspecified atom stereocenters. The molecule has 1 amide bonds. The number of hydrogen-bond donors (Lipinski definition) is 1. The number of allylic oxidation sites excluding steroid dienone is 3. The Morgan fingerprint density at radius 1 is 1.15 bits per heavy atom. The SMILES string of the molecule is C/C=C\CCCC(=O)NC(C)C(=O)OC(C)CO[N+](=O)[O-].CF.FC(/C=C/C1CCCC1)COc1ccccc1.